The van der Waals surface area contributed by atoms with Crippen LogP contribution >= 0.6 is 27.3 Å². The lowest BCUT2D eigenvalue weighted by molar-refractivity contribution is 0.0955. The molecular weight excluding hydrogens is 310 g/mol. The Balaban J connectivity index is 1.63. The van der Waals surface area contributed by atoms with Gasteiger partial charge in [0.1, 0.15) is 4.88 Å². The molecule has 4 heteroatoms. The summed E-state index contributed by atoms with van der Waals surface area (Å²) in [5, 5.41) is 4.94. The van der Waals surface area contributed by atoms with E-state index in [4.69, 9.17) is 0 Å². The molecule has 0 saturated heterocycles. The molecule has 1 aromatic heterocycles. The van der Waals surface area contributed by atoms with Crippen molar-refractivity contribution in [2.45, 2.75) is 44.9 Å². The fraction of sp³-hybridized carbons (Fsp3) is 0.643. The average molecular weight is 330 g/mol. The zero-order valence-corrected chi connectivity index (χ0v) is 13.0. The van der Waals surface area contributed by atoms with Gasteiger partial charge in [-0.25, -0.2) is 0 Å². The van der Waals surface area contributed by atoms with E-state index in [0.717, 1.165) is 28.2 Å². The molecule has 0 aromatic carbocycles. The molecule has 1 N–H and O–H groups in total. The van der Waals surface area contributed by atoms with Crippen molar-refractivity contribution in [1.82, 2.24) is 5.32 Å². The maximum Gasteiger partial charge on any atom is 0.262 e. The fourth-order valence-corrected chi connectivity index (χ4v) is 4.07. The first-order valence-electron chi connectivity index (χ1n) is 6.78. The highest BCUT2D eigenvalue weighted by molar-refractivity contribution is 9.10. The summed E-state index contributed by atoms with van der Waals surface area (Å²) >= 11 is 4.87. The van der Waals surface area contributed by atoms with Crippen LogP contribution in [0.25, 0.3) is 0 Å². The second-order valence-corrected chi connectivity index (χ2v) is 6.77. The molecule has 0 bridgehead atoms. The average Bonchev–Trinajstić information content (AvgIpc) is 2.82. The molecule has 2 nitrogen and oxygen atoms in total. The van der Waals surface area contributed by atoms with Gasteiger partial charge in [0.25, 0.3) is 5.91 Å². The van der Waals surface area contributed by atoms with Crippen LogP contribution in [-0.2, 0) is 0 Å². The highest BCUT2D eigenvalue weighted by atomic mass is 79.9. The van der Waals surface area contributed by atoms with Crippen LogP contribution in [-0.4, -0.2) is 12.5 Å². The van der Waals surface area contributed by atoms with E-state index in [1.54, 1.807) is 0 Å². The van der Waals surface area contributed by atoms with Gasteiger partial charge in [0.05, 0.1) is 0 Å². The minimum absolute atomic E-state index is 0.0560. The zero-order valence-electron chi connectivity index (χ0n) is 10.6. The summed E-state index contributed by atoms with van der Waals surface area (Å²) in [6.45, 7) is 0.805. The Morgan fingerprint density at radius 2 is 2.17 bits per heavy atom. The van der Waals surface area contributed by atoms with Crippen LogP contribution in [0.15, 0.2) is 15.9 Å². The van der Waals surface area contributed by atoms with E-state index < -0.39 is 0 Å². The molecule has 0 aliphatic heterocycles. The van der Waals surface area contributed by atoms with Crippen LogP contribution in [0.3, 0.4) is 0 Å². The molecule has 1 aliphatic rings. The van der Waals surface area contributed by atoms with Gasteiger partial charge in [-0.15, -0.1) is 11.3 Å². The van der Waals surface area contributed by atoms with Crippen LogP contribution in [0.2, 0.25) is 0 Å². The molecule has 1 aromatic rings. The summed E-state index contributed by atoms with van der Waals surface area (Å²) in [4.78, 5) is 12.6. The Kier molecular flexibility index (Phi) is 5.70. The molecule has 1 heterocycles. The van der Waals surface area contributed by atoms with Gasteiger partial charge in [0.15, 0.2) is 0 Å². The fourth-order valence-electron chi connectivity index (χ4n) is 2.60. The second-order valence-electron chi connectivity index (χ2n) is 5.00. The van der Waals surface area contributed by atoms with Gasteiger partial charge < -0.3 is 5.32 Å². The van der Waals surface area contributed by atoms with Gasteiger partial charge in [-0.3, -0.25) is 4.79 Å². The largest absolute Gasteiger partial charge is 0.351 e. The van der Waals surface area contributed by atoms with E-state index in [9.17, 15) is 4.79 Å². The number of nitrogens with one attached hydrogen (secondary N) is 1. The quantitative estimate of drug-likeness (QED) is 0.786. The van der Waals surface area contributed by atoms with Gasteiger partial charge in [0.2, 0.25) is 0 Å². The van der Waals surface area contributed by atoms with Gasteiger partial charge in [-0.2, -0.15) is 0 Å². The molecule has 1 amide bonds. The smallest absolute Gasteiger partial charge is 0.262 e. The van der Waals surface area contributed by atoms with Crippen molar-refractivity contribution in [3.8, 4) is 0 Å². The van der Waals surface area contributed by atoms with Crippen molar-refractivity contribution in [2.75, 3.05) is 6.54 Å². The monoisotopic (exact) mass is 329 g/mol. The summed E-state index contributed by atoms with van der Waals surface area (Å²) in [5.41, 5.74) is 0. The van der Waals surface area contributed by atoms with Crippen molar-refractivity contribution in [3.63, 3.8) is 0 Å². The lowest BCUT2D eigenvalue weighted by Gasteiger charge is -2.21. The number of carbonyl (C=O) groups is 1. The molecule has 0 radical (unpaired) electrons. The first-order chi connectivity index (χ1) is 8.77. The predicted molar refractivity (Wildman–Crippen MR) is 80.2 cm³/mol. The lowest BCUT2D eigenvalue weighted by atomic mass is 9.86. The Bertz CT molecular complexity index is 385. The van der Waals surface area contributed by atoms with Gasteiger partial charge in [-0.05, 0) is 46.1 Å². The Labute approximate surface area is 121 Å². The van der Waals surface area contributed by atoms with E-state index in [-0.39, 0.29) is 5.91 Å². The molecule has 0 spiro atoms. The third-order valence-electron chi connectivity index (χ3n) is 3.62. The Hall–Kier alpha value is -0.350. The first-order valence-corrected chi connectivity index (χ1v) is 8.46. The highest BCUT2D eigenvalue weighted by Gasteiger charge is 2.14. The summed E-state index contributed by atoms with van der Waals surface area (Å²) in [5.74, 6) is 0.963. The molecule has 0 unspecified atom stereocenters. The Morgan fingerprint density at radius 3 is 2.83 bits per heavy atom. The molecule has 100 valence electrons. The third kappa shape index (κ3) is 4.09. The maximum absolute atomic E-state index is 11.8. The second kappa shape index (κ2) is 7.29. The molecule has 1 aliphatic carbocycles. The SMILES string of the molecule is O=C(NCCCC1CCCCC1)c1sccc1Br. The number of thiophene rings is 1. The molecule has 2 rings (SSSR count). The summed E-state index contributed by atoms with van der Waals surface area (Å²) in [6.07, 6.45) is 9.39. The van der Waals surface area contributed by atoms with Crippen LogP contribution < -0.4 is 5.32 Å². The topological polar surface area (TPSA) is 29.1 Å². The number of halogens is 1. The van der Waals surface area contributed by atoms with Crippen molar-refractivity contribution < 1.29 is 4.79 Å². The molecule has 1 fully saturated rings. The number of rotatable bonds is 5. The van der Waals surface area contributed by atoms with Gasteiger partial charge >= 0.3 is 0 Å². The predicted octanol–water partition coefficient (Wildman–Crippen LogP) is 4.60. The van der Waals surface area contributed by atoms with Crippen LogP contribution in [0.1, 0.15) is 54.6 Å². The molecule has 0 atom stereocenters. The van der Waals surface area contributed by atoms with Crippen LogP contribution in [0.4, 0.5) is 0 Å². The van der Waals surface area contributed by atoms with Gasteiger partial charge in [0, 0.05) is 11.0 Å². The van der Waals surface area contributed by atoms with Gasteiger partial charge in [-0.1, -0.05) is 32.1 Å². The standard InChI is InChI=1S/C14H20BrNOS/c15-12-8-10-18-13(12)14(17)16-9-4-7-11-5-2-1-3-6-11/h8,10-11H,1-7,9H2,(H,16,17). The van der Waals surface area contributed by atoms with Crippen LogP contribution in [0.5, 0.6) is 0 Å². The summed E-state index contributed by atoms with van der Waals surface area (Å²) in [7, 11) is 0. The number of hydrogen-bond donors (Lipinski definition) is 1. The van der Waals surface area contributed by atoms with Crippen molar-refractivity contribution in [2.24, 2.45) is 5.92 Å². The highest BCUT2D eigenvalue weighted by Crippen LogP contribution is 2.27. The van der Waals surface area contributed by atoms with E-state index in [0.29, 0.717) is 0 Å². The van der Waals surface area contributed by atoms with Crippen molar-refractivity contribution in [3.05, 3.63) is 20.8 Å². The normalized spacial score (nSPS) is 16.7. The van der Waals surface area contributed by atoms with Crippen LogP contribution in [0, 0.1) is 5.92 Å². The molecular formula is C14H20BrNOS. The number of amides is 1. The zero-order chi connectivity index (χ0) is 12.8. The summed E-state index contributed by atoms with van der Waals surface area (Å²) < 4.78 is 0.900. The minimum atomic E-state index is 0.0560. The molecule has 18 heavy (non-hydrogen) atoms. The number of carbonyl (C=O) groups excluding carboxylic acids is 1. The van der Waals surface area contributed by atoms with Crippen molar-refractivity contribution in [1.29, 1.82) is 0 Å². The van der Waals surface area contributed by atoms with E-state index in [1.165, 1.54) is 49.9 Å². The van der Waals surface area contributed by atoms with E-state index in [2.05, 4.69) is 21.2 Å². The summed E-state index contributed by atoms with van der Waals surface area (Å²) in [6, 6.07) is 1.92. The van der Waals surface area contributed by atoms with E-state index >= 15 is 0 Å². The van der Waals surface area contributed by atoms with E-state index in [1.807, 2.05) is 11.4 Å². The Morgan fingerprint density at radius 1 is 1.39 bits per heavy atom. The first kappa shape index (κ1) is 14.1. The maximum atomic E-state index is 11.8. The minimum Gasteiger partial charge on any atom is -0.351 e. The van der Waals surface area contributed by atoms with Crippen molar-refractivity contribution >= 4 is 33.2 Å². The number of hydrogen-bond acceptors (Lipinski definition) is 2. The molecule has 1 saturated carbocycles. The lowest BCUT2D eigenvalue weighted by Crippen LogP contribution is -2.24. The third-order valence-corrected chi connectivity index (χ3v) is 5.46.